The molecule has 1 heterocycles. The predicted molar refractivity (Wildman–Crippen MR) is 66.6 cm³/mol. The summed E-state index contributed by atoms with van der Waals surface area (Å²) in [6, 6.07) is 0. The van der Waals surface area contributed by atoms with Crippen molar-refractivity contribution in [1.82, 2.24) is 9.97 Å². The number of ether oxygens (including phenoxy) is 1. The molecule has 0 bridgehead atoms. The van der Waals surface area contributed by atoms with Crippen LogP contribution in [-0.4, -0.2) is 29.6 Å². The van der Waals surface area contributed by atoms with Gasteiger partial charge in [-0.2, -0.15) is 0 Å². The monoisotopic (exact) mass is 298 g/mol. The Labute approximate surface area is 114 Å². The third-order valence-corrected chi connectivity index (χ3v) is 2.79. The van der Waals surface area contributed by atoms with Gasteiger partial charge in [0.15, 0.2) is 0 Å². The first-order valence-corrected chi connectivity index (χ1v) is 6.36. The van der Waals surface area contributed by atoms with Gasteiger partial charge in [0.05, 0.1) is 6.61 Å². The largest absolute Gasteiger partial charge is 0.375 e. The van der Waals surface area contributed by atoms with E-state index < -0.39 is 13.0 Å². The highest BCUT2D eigenvalue weighted by molar-refractivity contribution is 6.34. The summed E-state index contributed by atoms with van der Waals surface area (Å²) in [4.78, 5) is 8.14. The van der Waals surface area contributed by atoms with Gasteiger partial charge in [0.25, 0.3) is 6.43 Å². The fourth-order valence-corrected chi connectivity index (χ4v) is 1.99. The lowest BCUT2D eigenvalue weighted by molar-refractivity contribution is 0.0183. The molecule has 0 unspecified atom stereocenters. The van der Waals surface area contributed by atoms with Gasteiger partial charge in [-0.3, -0.25) is 0 Å². The molecule has 0 radical (unpaired) electrons. The summed E-state index contributed by atoms with van der Waals surface area (Å²) in [5.41, 5.74) is 0.720. The first-order valence-electron chi connectivity index (χ1n) is 5.61. The molecule has 0 aromatic carbocycles. The number of hydrogen-bond donors (Lipinski definition) is 0. The van der Waals surface area contributed by atoms with Crippen molar-refractivity contribution in [2.75, 3.05) is 13.2 Å². The van der Waals surface area contributed by atoms with E-state index >= 15 is 0 Å². The van der Waals surface area contributed by atoms with Gasteiger partial charge in [-0.05, 0) is 6.42 Å². The molecule has 0 saturated heterocycles. The van der Waals surface area contributed by atoms with Crippen LogP contribution in [0.3, 0.4) is 0 Å². The minimum absolute atomic E-state index is 0.115. The average molecular weight is 299 g/mol. The maximum absolute atomic E-state index is 11.8. The fraction of sp³-hybridized carbons (Fsp3) is 0.636. The standard InChI is InChI=1S/C11H14Cl2F2N2O/c1-2-3-7-10(12)16-9(17-11(7)13)4-5-18-6-8(14)15/h8H,2-6H2,1H3. The van der Waals surface area contributed by atoms with Crippen LogP contribution in [-0.2, 0) is 17.6 Å². The van der Waals surface area contributed by atoms with Gasteiger partial charge in [-0.15, -0.1) is 0 Å². The van der Waals surface area contributed by atoms with Crippen molar-refractivity contribution in [2.45, 2.75) is 32.6 Å². The van der Waals surface area contributed by atoms with E-state index in [4.69, 9.17) is 27.9 Å². The second-order valence-electron chi connectivity index (χ2n) is 3.67. The van der Waals surface area contributed by atoms with Crippen LogP contribution >= 0.6 is 23.2 Å². The Kier molecular flexibility index (Phi) is 6.75. The third-order valence-electron chi connectivity index (χ3n) is 2.17. The lowest BCUT2D eigenvalue weighted by Gasteiger charge is -2.07. The average Bonchev–Trinajstić information content (AvgIpc) is 2.29. The SMILES string of the molecule is CCCc1c(Cl)nc(CCOCC(F)F)nc1Cl. The molecule has 0 spiro atoms. The molecule has 0 saturated carbocycles. The van der Waals surface area contributed by atoms with E-state index in [-0.39, 0.29) is 6.61 Å². The Balaban J connectivity index is 2.57. The Morgan fingerprint density at radius 1 is 1.17 bits per heavy atom. The molecular weight excluding hydrogens is 285 g/mol. The molecule has 0 aliphatic carbocycles. The van der Waals surface area contributed by atoms with E-state index in [1.165, 1.54) is 0 Å². The van der Waals surface area contributed by atoms with Gasteiger partial charge in [-0.25, -0.2) is 18.7 Å². The number of rotatable bonds is 7. The Bertz CT molecular complexity index is 368. The summed E-state index contributed by atoms with van der Waals surface area (Å²) in [5, 5.41) is 0.640. The van der Waals surface area contributed by atoms with Crippen LogP contribution in [0.25, 0.3) is 0 Å². The summed E-state index contributed by atoms with van der Waals surface area (Å²) in [6.45, 7) is 1.53. The topological polar surface area (TPSA) is 35.0 Å². The summed E-state index contributed by atoms with van der Waals surface area (Å²) >= 11 is 12.0. The molecule has 1 rings (SSSR count). The van der Waals surface area contributed by atoms with Crippen molar-refractivity contribution in [3.8, 4) is 0 Å². The highest BCUT2D eigenvalue weighted by Gasteiger charge is 2.11. The predicted octanol–water partition coefficient (Wildman–Crippen LogP) is 3.56. The Morgan fingerprint density at radius 2 is 1.78 bits per heavy atom. The second-order valence-corrected chi connectivity index (χ2v) is 4.38. The molecule has 0 aliphatic rings. The van der Waals surface area contributed by atoms with Crippen LogP contribution in [0.5, 0.6) is 0 Å². The number of nitrogens with zero attached hydrogens (tertiary/aromatic N) is 2. The minimum Gasteiger partial charge on any atom is -0.375 e. The fourth-order valence-electron chi connectivity index (χ4n) is 1.38. The zero-order chi connectivity index (χ0) is 13.5. The van der Waals surface area contributed by atoms with Crippen LogP contribution in [0.2, 0.25) is 10.3 Å². The minimum atomic E-state index is -2.47. The van der Waals surface area contributed by atoms with Crippen molar-refractivity contribution >= 4 is 23.2 Å². The van der Waals surface area contributed by atoms with E-state index in [0.717, 1.165) is 12.0 Å². The van der Waals surface area contributed by atoms with Gasteiger partial charge >= 0.3 is 0 Å². The molecule has 18 heavy (non-hydrogen) atoms. The van der Waals surface area contributed by atoms with Crippen LogP contribution < -0.4 is 0 Å². The molecular formula is C11H14Cl2F2N2O. The highest BCUT2D eigenvalue weighted by atomic mass is 35.5. The van der Waals surface area contributed by atoms with Crippen molar-refractivity contribution in [3.63, 3.8) is 0 Å². The van der Waals surface area contributed by atoms with Crippen LogP contribution in [0.1, 0.15) is 24.7 Å². The van der Waals surface area contributed by atoms with Crippen LogP contribution in [0.4, 0.5) is 8.78 Å². The maximum Gasteiger partial charge on any atom is 0.261 e. The number of hydrogen-bond acceptors (Lipinski definition) is 3. The summed E-state index contributed by atoms with van der Waals surface area (Å²) < 4.78 is 28.4. The number of aromatic nitrogens is 2. The van der Waals surface area contributed by atoms with E-state index in [1.54, 1.807) is 0 Å². The molecule has 0 atom stereocenters. The molecule has 7 heteroatoms. The molecule has 0 N–H and O–H groups in total. The first kappa shape index (κ1) is 15.5. The second kappa shape index (κ2) is 7.81. The van der Waals surface area contributed by atoms with Crippen molar-refractivity contribution in [2.24, 2.45) is 0 Å². The molecule has 0 fully saturated rings. The normalized spacial score (nSPS) is 11.2. The van der Waals surface area contributed by atoms with Crippen molar-refractivity contribution in [3.05, 3.63) is 21.7 Å². The molecule has 0 aliphatic heterocycles. The Hall–Kier alpha value is -0.520. The van der Waals surface area contributed by atoms with Gasteiger partial charge in [-0.1, -0.05) is 36.5 Å². The van der Waals surface area contributed by atoms with Crippen LogP contribution in [0.15, 0.2) is 0 Å². The van der Waals surface area contributed by atoms with Crippen molar-refractivity contribution < 1.29 is 13.5 Å². The van der Waals surface area contributed by atoms with Gasteiger partial charge < -0.3 is 4.74 Å². The number of halogens is 4. The quantitative estimate of drug-likeness (QED) is 0.570. The molecule has 0 amide bonds. The smallest absolute Gasteiger partial charge is 0.261 e. The molecule has 3 nitrogen and oxygen atoms in total. The van der Waals surface area contributed by atoms with Gasteiger partial charge in [0, 0.05) is 12.0 Å². The molecule has 1 aromatic heterocycles. The van der Waals surface area contributed by atoms with Crippen LogP contribution in [0, 0.1) is 0 Å². The highest BCUT2D eigenvalue weighted by Crippen LogP contribution is 2.22. The number of alkyl halides is 2. The first-order chi connectivity index (χ1) is 8.54. The van der Waals surface area contributed by atoms with Gasteiger partial charge in [0.2, 0.25) is 0 Å². The zero-order valence-corrected chi connectivity index (χ0v) is 11.4. The van der Waals surface area contributed by atoms with E-state index in [1.807, 2.05) is 6.92 Å². The molecule has 1 aromatic rings. The molecule has 102 valence electrons. The summed E-state index contributed by atoms with van der Waals surface area (Å²) in [7, 11) is 0. The van der Waals surface area contributed by atoms with E-state index in [9.17, 15) is 8.78 Å². The third kappa shape index (κ3) is 5.00. The Morgan fingerprint density at radius 3 is 2.28 bits per heavy atom. The van der Waals surface area contributed by atoms with E-state index in [2.05, 4.69) is 9.97 Å². The summed E-state index contributed by atoms with van der Waals surface area (Å²) in [5.74, 6) is 0.402. The lowest BCUT2D eigenvalue weighted by Crippen LogP contribution is -2.09. The lowest BCUT2D eigenvalue weighted by atomic mass is 10.2. The van der Waals surface area contributed by atoms with Crippen molar-refractivity contribution in [1.29, 1.82) is 0 Å². The zero-order valence-electron chi connectivity index (χ0n) is 9.93. The van der Waals surface area contributed by atoms with E-state index in [0.29, 0.717) is 29.0 Å². The maximum atomic E-state index is 11.8. The van der Waals surface area contributed by atoms with Gasteiger partial charge in [0.1, 0.15) is 22.7 Å². The summed E-state index contributed by atoms with van der Waals surface area (Å²) in [6.07, 6.45) is -0.567.